The first-order valence-corrected chi connectivity index (χ1v) is 9.73. The summed E-state index contributed by atoms with van der Waals surface area (Å²) in [5, 5.41) is 11.9. The van der Waals surface area contributed by atoms with Gasteiger partial charge in [-0.15, -0.1) is 0 Å². The topological polar surface area (TPSA) is 61.8 Å². The average molecular weight is 386 g/mol. The van der Waals surface area contributed by atoms with Crippen LogP contribution in [0.5, 0.6) is 5.75 Å². The molecule has 3 rings (SSSR count). The second-order valence-corrected chi connectivity index (χ2v) is 7.18. The highest BCUT2D eigenvalue weighted by atomic mass is 19.1. The molecule has 0 spiro atoms. The Morgan fingerprint density at radius 1 is 1.25 bits per heavy atom. The van der Waals surface area contributed by atoms with Crippen LogP contribution < -0.4 is 10.1 Å². The predicted octanol–water partition coefficient (Wildman–Crippen LogP) is 2.84. The highest BCUT2D eigenvalue weighted by molar-refractivity contribution is 5.94. The molecule has 1 aliphatic heterocycles. The maximum absolute atomic E-state index is 13.0. The van der Waals surface area contributed by atoms with E-state index in [1.165, 1.54) is 29.8 Å². The van der Waals surface area contributed by atoms with Crippen LogP contribution in [0.1, 0.15) is 28.8 Å². The summed E-state index contributed by atoms with van der Waals surface area (Å²) >= 11 is 0. The number of nitrogens with one attached hydrogen (secondary N) is 1. The maximum atomic E-state index is 13.0. The lowest BCUT2D eigenvalue weighted by Gasteiger charge is -2.33. The van der Waals surface area contributed by atoms with Gasteiger partial charge in [0.25, 0.3) is 5.91 Å². The van der Waals surface area contributed by atoms with Crippen LogP contribution in [0.2, 0.25) is 0 Å². The zero-order valence-electron chi connectivity index (χ0n) is 15.9. The molecule has 0 radical (unpaired) electrons. The summed E-state index contributed by atoms with van der Waals surface area (Å²) in [7, 11) is 0. The van der Waals surface area contributed by atoms with Crippen LogP contribution >= 0.6 is 0 Å². The third kappa shape index (κ3) is 6.04. The lowest BCUT2D eigenvalue weighted by atomic mass is 9.97. The number of ether oxygens (including phenoxy) is 1. The molecule has 0 aliphatic carbocycles. The lowest BCUT2D eigenvalue weighted by molar-refractivity contribution is 0.0930. The van der Waals surface area contributed by atoms with Crippen LogP contribution in [-0.2, 0) is 6.54 Å². The van der Waals surface area contributed by atoms with Crippen molar-refractivity contribution in [3.8, 4) is 5.75 Å². The van der Waals surface area contributed by atoms with E-state index in [0.717, 1.165) is 38.2 Å². The SMILES string of the molecule is O=C(NC[C@H]1CCCN(Cc2cccc(OCCO)c2)C1)c1ccc(F)cc1. The normalized spacial score (nSPS) is 17.3. The molecule has 0 bridgehead atoms. The van der Waals surface area contributed by atoms with Crippen molar-refractivity contribution in [1.82, 2.24) is 10.2 Å². The van der Waals surface area contributed by atoms with Crippen molar-refractivity contribution in [3.63, 3.8) is 0 Å². The van der Waals surface area contributed by atoms with E-state index >= 15 is 0 Å². The monoisotopic (exact) mass is 386 g/mol. The average Bonchev–Trinajstić information content (AvgIpc) is 2.71. The Morgan fingerprint density at radius 2 is 2.07 bits per heavy atom. The van der Waals surface area contributed by atoms with Gasteiger partial charge in [-0.2, -0.15) is 0 Å². The number of benzene rings is 2. The van der Waals surface area contributed by atoms with Gasteiger partial charge in [-0.25, -0.2) is 4.39 Å². The predicted molar refractivity (Wildman–Crippen MR) is 106 cm³/mol. The van der Waals surface area contributed by atoms with Crippen molar-refractivity contribution in [2.24, 2.45) is 5.92 Å². The first kappa shape index (κ1) is 20.3. The molecule has 2 aromatic carbocycles. The molecule has 1 atom stereocenters. The fraction of sp³-hybridized carbons (Fsp3) is 0.409. The highest BCUT2D eigenvalue weighted by Gasteiger charge is 2.21. The van der Waals surface area contributed by atoms with Crippen molar-refractivity contribution in [2.75, 3.05) is 32.8 Å². The van der Waals surface area contributed by atoms with E-state index < -0.39 is 0 Å². The number of carbonyl (C=O) groups excluding carboxylic acids is 1. The molecule has 1 fully saturated rings. The van der Waals surface area contributed by atoms with Crippen LogP contribution in [0.25, 0.3) is 0 Å². The summed E-state index contributed by atoms with van der Waals surface area (Å²) in [4.78, 5) is 14.6. The summed E-state index contributed by atoms with van der Waals surface area (Å²) in [6, 6.07) is 13.6. The summed E-state index contributed by atoms with van der Waals surface area (Å²) in [5.74, 6) is 0.662. The largest absolute Gasteiger partial charge is 0.491 e. The second kappa shape index (κ2) is 10.2. The highest BCUT2D eigenvalue weighted by Crippen LogP contribution is 2.20. The summed E-state index contributed by atoms with van der Waals surface area (Å²) in [5.41, 5.74) is 1.65. The van der Waals surface area contributed by atoms with Gasteiger partial charge in [0, 0.05) is 25.2 Å². The Kier molecular flexibility index (Phi) is 7.39. The molecule has 2 aromatic rings. The number of piperidine rings is 1. The molecule has 1 amide bonds. The molecule has 0 aromatic heterocycles. The van der Waals surface area contributed by atoms with E-state index in [4.69, 9.17) is 9.84 Å². The van der Waals surface area contributed by atoms with Gasteiger partial charge in [-0.05, 0) is 67.3 Å². The van der Waals surface area contributed by atoms with Crippen molar-refractivity contribution in [3.05, 3.63) is 65.5 Å². The fourth-order valence-electron chi connectivity index (χ4n) is 3.56. The molecule has 150 valence electrons. The van der Waals surface area contributed by atoms with Crippen LogP contribution in [-0.4, -0.2) is 48.8 Å². The molecular formula is C22H27FN2O3. The maximum Gasteiger partial charge on any atom is 0.251 e. The summed E-state index contributed by atoms with van der Waals surface area (Å²) < 4.78 is 18.5. The number of halogens is 1. The van der Waals surface area contributed by atoms with Crippen molar-refractivity contribution in [1.29, 1.82) is 0 Å². The molecule has 2 N–H and O–H groups in total. The Balaban J connectivity index is 1.48. The number of likely N-dealkylation sites (tertiary alicyclic amines) is 1. The quantitative estimate of drug-likeness (QED) is 0.732. The third-order valence-electron chi connectivity index (χ3n) is 4.93. The molecule has 1 heterocycles. The van der Waals surface area contributed by atoms with Crippen LogP contribution in [0.15, 0.2) is 48.5 Å². The Morgan fingerprint density at radius 3 is 2.86 bits per heavy atom. The van der Waals surface area contributed by atoms with Crippen LogP contribution in [0, 0.1) is 11.7 Å². The fourth-order valence-corrected chi connectivity index (χ4v) is 3.56. The van der Waals surface area contributed by atoms with Gasteiger partial charge < -0.3 is 15.2 Å². The van der Waals surface area contributed by atoms with Crippen molar-refractivity contribution < 1.29 is 19.0 Å². The number of nitrogens with zero attached hydrogens (tertiary/aromatic N) is 1. The Labute approximate surface area is 165 Å². The molecule has 5 nitrogen and oxygen atoms in total. The van der Waals surface area contributed by atoms with E-state index in [-0.39, 0.29) is 18.3 Å². The van der Waals surface area contributed by atoms with E-state index in [1.54, 1.807) is 0 Å². The first-order chi connectivity index (χ1) is 13.6. The van der Waals surface area contributed by atoms with Gasteiger partial charge in [-0.3, -0.25) is 9.69 Å². The molecule has 1 aliphatic rings. The number of carbonyl (C=O) groups is 1. The van der Waals surface area contributed by atoms with Crippen molar-refractivity contribution in [2.45, 2.75) is 19.4 Å². The van der Waals surface area contributed by atoms with Gasteiger partial charge in [0.05, 0.1) is 6.61 Å². The van der Waals surface area contributed by atoms with Gasteiger partial charge >= 0.3 is 0 Å². The summed E-state index contributed by atoms with van der Waals surface area (Å²) in [6.45, 7) is 3.70. The number of amides is 1. The van der Waals surface area contributed by atoms with Gasteiger partial charge in [-0.1, -0.05) is 12.1 Å². The zero-order chi connectivity index (χ0) is 19.8. The number of aliphatic hydroxyl groups excluding tert-OH is 1. The lowest BCUT2D eigenvalue weighted by Crippen LogP contribution is -2.40. The second-order valence-electron chi connectivity index (χ2n) is 7.18. The molecule has 0 saturated carbocycles. The molecular weight excluding hydrogens is 359 g/mol. The minimum Gasteiger partial charge on any atom is -0.491 e. The third-order valence-corrected chi connectivity index (χ3v) is 4.93. The smallest absolute Gasteiger partial charge is 0.251 e. The minimum absolute atomic E-state index is 0.00166. The molecule has 1 saturated heterocycles. The molecule has 28 heavy (non-hydrogen) atoms. The summed E-state index contributed by atoms with van der Waals surface area (Å²) in [6.07, 6.45) is 2.18. The molecule has 0 unspecified atom stereocenters. The van der Waals surface area contributed by atoms with E-state index in [9.17, 15) is 9.18 Å². The van der Waals surface area contributed by atoms with E-state index in [2.05, 4.69) is 16.3 Å². The number of rotatable bonds is 8. The number of hydrogen-bond donors (Lipinski definition) is 2. The number of aliphatic hydroxyl groups is 1. The van der Waals surface area contributed by atoms with Crippen molar-refractivity contribution >= 4 is 5.91 Å². The molecule has 6 heteroatoms. The van der Waals surface area contributed by atoms with E-state index in [0.29, 0.717) is 24.6 Å². The Bertz CT molecular complexity index is 767. The van der Waals surface area contributed by atoms with E-state index in [1.807, 2.05) is 18.2 Å². The Hall–Kier alpha value is -2.44. The van der Waals surface area contributed by atoms with Gasteiger partial charge in [0.2, 0.25) is 0 Å². The van der Waals surface area contributed by atoms with Gasteiger partial charge in [0.15, 0.2) is 0 Å². The van der Waals surface area contributed by atoms with Crippen LogP contribution in [0.4, 0.5) is 4.39 Å². The standard InChI is InChI=1S/C22H27FN2O3/c23-20-8-6-19(7-9-20)22(27)24-14-18-4-2-10-25(16-18)15-17-3-1-5-21(13-17)28-12-11-26/h1,3,5-9,13,18,26H,2,4,10-12,14-16H2,(H,24,27)/t18-/m1/s1. The van der Waals surface area contributed by atoms with Crippen LogP contribution in [0.3, 0.4) is 0 Å². The first-order valence-electron chi connectivity index (χ1n) is 9.73. The number of hydrogen-bond acceptors (Lipinski definition) is 4. The minimum atomic E-state index is -0.342. The van der Waals surface area contributed by atoms with Gasteiger partial charge in [0.1, 0.15) is 18.2 Å². The zero-order valence-corrected chi connectivity index (χ0v) is 15.9.